The standard InChI is InChI=1S/C11H13ClN.Cl2HO2P/c1-11(2)8-6-4-5-7-9(8)13(3)10(11)12;1-5(2,3)4/h4-7H,1-3H3;(H,3,4)/q+1;/p-1. The molecule has 7 heteroatoms. The Morgan fingerprint density at radius 1 is 1.28 bits per heavy atom. The first kappa shape index (κ1) is 16.0. The van der Waals surface area contributed by atoms with Crippen LogP contribution in [-0.2, 0) is 9.98 Å². The summed E-state index contributed by atoms with van der Waals surface area (Å²) in [6, 6.07) is 8.35. The minimum atomic E-state index is -3.94. The molecule has 0 saturated heterocycles. The summed E-state index contributed by atoms with van der Waals surface area (Å²) in [7, 11) is 2.01. The van der Waals surface area contributed by atoms with Crippen LogP contribution in [-0.4, -0.2) is 16.8 Å². The highest BCUT2D eigenvalue weighted by Gasteiger charge is 2.42. The highest BCUT2D eigenvalue weighted by atomic mass is 35.9. The monoisotopic (exact) mass is 327 g/mol. The van der Waals surface area contributed by atoms with Crippen molar-refractivity contribution in [1.82, 2.24) is 0 Å². The van der Waals surface area contributed by atoms with Crippen LogP contribution in [0.1, 0.15) is 19.4 Å². The van der Waals surface area contributed by atoms with Crippen molar-refractivity contribution in [3.8, 4) is 0 Å². The number of benzene rings is 1. The fourth-order valence-electron chi connectivity index (χ4n) is 1.93. The zero-order valence-corrected chi connectivity index (χ0v) is 13.3. The van der Waals surface area contributed by atoms with Crippen molar-refractivity contribution in [2.75, 3.05) is 7.05 Å². The van der Waals surface area contributed by atoms with Crippen LogP contribution in [0.3, 0.4) is 0 Å². The van der Waals surface area contributed by atoms with E-state index >= 15 is 0 Å². The molecule has 0 fully saturated rings. The third-order valence-corrected chi connectivity index (χ3v) is 3.47. The predicted molar refractivity (Wildman–Crippen MR) is 75.5 cm³/mol. The summed E-state index contributed by atoms with van der Waals surface area (Å²) in [4.78, 5) is 9.19. The summed E-state index contributed by atoms with van der Waals surface area (Å²) < 4.78 is 11.2. The van der Waals surface area contributed by atoms with Crippen molar-refractivity contribution in [1.29, 1.82) is 0 Å². The molecule has 0 aromatic heterocycles. The molecule has 0 saturated carbocycles. The lowest BCUT2D eigenvalue weighted by Gasteiger charge is -2.12. The van der Waals surface area contributed by atoms with Crippen molar-refractivity contribution in [3.63, 3.8) is 0 Å². The summed E-state index contributed by atoms with van der Waals surface area (Å²) in [5, 5.41) is 0.897. The number of rotatable bonds is 0. The Kier molecular flexibility index (Phi) is 4.91. The lowest BCUT2D eigenvalue weighted by Crippen LogP contribution is -2.23. The van der Waals surface area contributed by atoms with Gasteiger partial charge in [0.15, 0.2) is 6.07 Å². The molecule has 0 N–H and O–H groups in total. The smallest absolute Gasteiger partial charge is 0.261 e. The molecule has 100 valence electrons. The second-order valence-corrected chi connectivity index (χ2v) is 8.78. The zero-order chi connectivity index (χ0) is 14.1. The molecule has 0 unspecified atom stereocenters. The fraction of sp³-hybridized carbons (Fsp3) is 0.364. The molecule has 0 aliphatic carbocycles. The molecular weight excluding hydrogens is 315 g/mol. The van der Waals surface area contributed by atoms with E-state index in [-0.39, 0.29) is 5.41 Å². The first-order valence-electron chi connectivity index (χ1n) is 5.11. The van der Waals surface area contributed by atoms with Gasteiger partial charge in [-0.25, -0.2) is 0 Å². The number of hydrogen-bond donors (Lipinski definition) is 0. The Morgan fingerprint density at radius 3 is 2.17 bits per heavy atom. The lowest BCUT2D eigenvalue weighted by atomic mass is 9.87. The Balaban J connectivity index is 0.000000280. The summed E-state index contributed by atoms with van der Waals surface area (Å²) in [6.07, 6.45) is -3.94. The average molecular weight is 329 g/mol. The molecule has 0 bridgehead atoms. The van der Waals surface area contributed by atoms with E-state index in [0.717, 1.165) is 5.17 Å². The SMILES string of the molecule is C[N+]1=C(Cl)C(C)(C)c2ccccc21.O=P([O-])(Cl)Cl. The van der Waals surface area contributed by atoms with Crippen molar-refractivity contribution < 1.29 is 14.0 Å². The second kappa shape index (κ2) is 5.52. The average Bonchev–Trinajstić information content (AvgIpc) is 2.40. The molecule has 0 amide bonds. The molecule has 2 rings (SSSR count). The maximum Gasteiger partial charge on any atom is 0.261 e. The molecule has 18 heavy (non-hydrogen) atoms. The normalized spacial score (nSPS) is 17.1. The first-order chi connectivity index (χ1) is 8.05. The van der Waals surface area contributed by atoms with E-state index in [9.17, 15) is 9.46 Å². The molecule has 1 aromatic carbocycles. The van der Waals surface area contributed by atoms with E-state index in [1.807, 2.05) is 13.1 Å². The van der Waals surface area contributed by atoms with Gasteiger partial charge in [-0.15, -0.1) is 0 Å². The van der Waals surface area contributed by atoms with E-state index in [2.05, 4.69) is 59.1 Å². The van der Waals surface area contributed by atoms with E-state index in [0.29, 0.717) is 0 Å². The number of nitrogens with zero attached hydrogens (tertiary/aromatic N) is 1. The van der Waals surface area contributed by atoms with Crippen molar-refractivity contribution in [2.45, 2.75) is 19.3 Å². The van der Waals surface area contributed by atoms with E-state index in [1.165, 1.54) is 11.3 Å². The highest BCUT2D eigenvalue weighted by Crippen LogP contribution is 2.46. The summed E-state index contributed by atoms with van der Waals surface area (Å²) in [5.74, 6) is 0. The third kappa shape index (κ3) is 3.72. The Labute approximate surface area is 121 Å². The van der Waals surface area contributed by atoms with Gasteiger partial charge in [0.05, 0.1) is 5.41 Å². The van der Waals surface area contributed by atoms with Crippen molar-refractivity contribution >= 4 is 51.0 Å². The van der Waals surface area contributed by atoms with E-state index in [4.69, 9.17) is 11.6 Å². The third-order valence-electron chi connectivity index (χ3n) is 2.75. The quantitative estimate of drug-likeness (QED) is 0.537. The van der Waals surface area contributed by atoms with E-state index in [1.54, 1.807) is 0 Å². The second-order valence-electron chi connectivity index (χ2n) is 4.41. The van der Waals surface area contributed by atoms with Crippen LogP contribution in [0.4, 0.5) is 5.69 Å². The molecule has 1 aliphatic rings. The predicted octanol–water partition coefficient (Wildman–Crippen LogP) is 3.82. The largest absolute Gasteiger partial charge is 0.776 e. The fourth-order valence-corrected chi connectivity index (χ4v) is 2.12. The zero-order valence-electron chi connectivity index (χ0n) is 10.2. The molecule has 1 aliphatic heterocycles. The summed E-state index contributed by atoms with van der Waals surface area (Å²) in [6.45, 7) is 4.30. The van der Waals surface area contributed by atoms with Gasteiger partial charge in [0, 0.05) is 11.6 Å². The van der Waals surface area contributed by atoms with Crippen LogP contribution in [0.25, 0.3) is 0 Å². The Morgan fingerprint density at radius 2 is 1.72 bits per heavy atom. The number of para-hydroxylation sites is 1. The van der Waals surface area contributed by atoms with Gasteiger partial charge in [-0.3, -0.25) is 0 Å². The van der Waals surface area contributed by atoms with Gasteiger partial charge in [-0.2, -0.15) is 4.58 Å². The van der Waals surface area contributed by atoms with Crippen LogP contribution in [0, 0.1) is 0 Å². The highest BCUT2D eigenvalue weighted by molar-refractivity contribution is 8.03. The van der Waals surface area contributed by atoms with Gasteiger partial charge < -0.3 is 9.46 Å². The molecule has 0 atom stereocenters. The van der Waals surface area contributed by atoms with Crippen LogP contribution >= 0.6 is 40.2 Å². The molecule has 0 radical (unpaired) electrons. The Bertz CT molecular complexity index is 529. The van der Waals surface area contributed by atoms with Gasteiger partial charge in [-0.05, 0) is 25.4 Å². The minimum Gasteiger partial charge on any atom is -0.776 e. The van der Waals surface area contributed by atoms with Crippen LogP contribution in [0.5, 0.6) is 0 Å². The van der Waals surface area contributed by atoms with Crippen LogP contribution < -0.4 is 4.89 Å². The topological polar surface area (TPSA) is 43.1 Å². The van der Waals surface area contributed by atoms with Crippen LogP contribution in [0.15, 0.2) is 24.3 Å². The van der Waals surface area contributed by atoms with Gasteiger partial charge in [-0.1, -0.05) is 40.7 Å². The number of halogens is 3. The molecule has 0 spiro atoms. The maximum atomic E-state index is 9.19. The molecule has 1 heterocycles. The van der Waals surface area contributed by atoms with Gasteiger partial charge in [0.25, 0.3) is 5.17 Å². The Hall–Kier alpha value is -0.0500. The molecular formula is C11H13Cl3NO2P. The van der Waals surface area contributed by atoms with Crippen molar-refractivity contribution in [3.05, 3.63) is 29.8 Å². The van der Waals surface area contributed by atoms with Gasteiger partial charge >= 0.3 is 0 Å². The number of hydrogen-bond acceptors (Lipinski definition) is 2. The van der Waals surface area contributed by atoms with E-state index < -0.39 is 6.07 Å². The van der Waals surface area contributed by atoms with Gasteiger partial charge in [0.2, 0.25) is 5.69 Å². The molecule has 1 aromatic rings. The summed E-state index contributed by atoms with van der Waals surface area (Å²) >= 11 is 14.9. The first-order valence-corrected chi connectivity index (χ1v) is 8.93. The van der Waals surface area contributed by atoms with Gasteiger partial charge in [0.1, 0.15) is 7.05 Å². The lowest BCUT2D eigenvalue weighted by molar-refractivity contribution is -0.399. The van der Waals surface area contributed by atoms with Crippen molar-refractivity contribution in [2.24, 2.45) is 0 Å². The van der Waals surface area contributed by atoms with Crippen LogP contribution in [0.2, 0.25) is 0 Å². The molecule has 3 nitrogen and oxygen atoms in total. The number of fused-ring (bicyclic) bond motifs is 1. The minimum absolute atomic E-state index is 0.0348. The summed E-state index contributed by atoms with van der Waals surface area (Å²) in [5.41, 5.74) is 2.49. The maximum absolute atomic E-state index is 9.19.